The summed E-state index contributed by atoms with van der Waals surface area (Å²) in [6.45, 7) is 12.7. The first-order chi connectivity index (χ1) is 9.95. The number of rotatable bonds is 9. The van der Waals surface area contributed by atoms with Gasteiger partial charge in [0.1, 0.15) is 5.75 Å². The van der Waals surface area contributed by atoms with Crippen molar-refractivity contribution in [2.45, 2.75) is 46.0 Å². The first-order valence-electron chi connectivity index (χ1n) is 7.99. The smallest absolute Gasteiger partial charge is 0.122 e. The Morgan fingerprint density at radius 3 is 2.43 bits per heavy atom. The minimum atomic E-state index is 0.196. The van der Waals surface area contributed by atoms with Gasteiger partial charge in [-0.05, 0) is 42.4 Å². The molecule has 21 heavy (non-hydrogen) atoms. The molecule has 1 rings (SSSR count). The van der Waals surface area contributed by atoms with Gasteiger partial charge >= 0.3 is 0 Å². The fraction of sp³-hybridized carbons (Fsp3) is 0.667. The van der Waals surface area contributed by atoms with E-state index in [4.69, 9.17) is 9.47 Å². The van der Waals surface area contributed by atoms with E-state index in [1.165, 1.54) is 17.5 Å². The average molecular weight is 294 g/mol. The highest BCUT2D eigenvalue weighted by molar-refractivity contribution is 5.38. The summed E-state index contributed by atoms with van der Waals surface area (Å²) < 4.78 is 10.9. The molecule has 0 bridgehead atoms. The second kappa shape index (κ2) is 9.06. The standard InChI is InChI=1S/C18H31NO2/c1-15-14-16(18(2,3)4)8-9-17(15)21-12-7-6-10-19-11-13-20-5/h8-9,14,19H,6-7,10-13H2,1-5H3/p+1. The van der Waals surface area contributed by atoms with E-state index in [-0.39, 0.29) is 5.41 Å². The summed E-state index contributed by atoms with van der Waals surface area (Å²) in [7, 11) is 1.74. The lowest BCUT2D eigenvalue weighted by Gasteiger charge is -2.20. The summed E-state index contributed by atoms with van der Waals surface area (Å²) in [6.07, 6.45) is 2.28. The zero-order valence-corrected chi connectivity index (χ0v) is 14.4. The Morgan fingerprint density at radius 1 is 1.05 bits per heavy atom. The molecule has 0 saturated carbocycles. The van der Waals surface area contributed by atoms with Crippen molar-refractivity contribution in [2.24, 2.45) is 0 Å². The lowest BCUT2D eigenvalue weighted by Crippen LogP contribution is -2.85. The molecule has 0 amide bonds. The van der Waals surface area contributed by atoms with Crippen molar-refractivity contribution in [1.29, 1.82) is 0 Å². The number of hydrogen-bond acceptors (Lipinski definition) is 2. The molecule has 0 atom stereocenters. The van der Waals surface area contributed by atoms with Gasteiger partial charge in [-0.25, -0.2) is 0 Å². The Hall–Kier alpha value is -1.06. The number of unbranched alkanes of at least 4 members (excludes halogenated alkanes) is 1. The third kappa shape index (κ3) is 6.96. The van der Waals surface area contributed by atoms with Gasteiger partial charge in [-0.1, -0.05) is 32.9 Å². The van der Waals surface area contributed by atoms with Gasteiger partial charge in [-0.3, -0.25) is 0 Å². The van der Waals surface area contributed by atoms with Crippen LogP contribution in [0.2, 0.25) is 0 Å². The highest BCUT2D eigenvalue weighted by Gasteiger charge is 2.14. The molecule has 1 aromatic rings. The van der Waals surface area contributed by atoms with E-state index in [1.54, 1.807) is 7.11 Å². The predicted octanol–water partition coefficient (Wildman–Crippen LogP) is 2.66. The van der Waals surface area contributed by atoms with E-state index in [0.717, 1.165) is 38.5 Å². The summed E-state index contributed by atoms with van der Waals surface area (Å²) in [5.41, 5.74) is 2.79. The maximum Gasteiger partial charge on any atom is 0.122 e. The molecule has 0 saturated heterocycles. The third-order valence-electron chi connectivity index (χ3n) is 3.63. The van der Waals surface area contributed by atoms with Gasteiger partial charge in [-0.2, -0.15) is 0 Å². The highest BCUT2D eigenvalue weighted by atomic mass is 16.5. The fourth-order valence-corrected chi connectivity index (χ4v) is 2.20. The molecule has 120 valence electrons. The molecule has 3 heteroatoms. The number of hydrogen-bond donors (Lipinski definition) is 1. The maximum absolute atomic E-state index is 5.89. The largest absolute Gasteiger partial charge is 0.493 e. The van der Waals surface area contributed by atoms with Crippen LogP contribution in [-0.4, -0.2) is 33.4 Å². The van der Waals surface area contributed by atoms with Gasteiger partial charge in [-0.15, -0.1) is 0 Å². The van der Waals surface area contributed by atoms with Gasteiger partial charge < -0.3 is 14.8 Å². The van der Waals surface area contributed by atoms with Crippen LogP contribution in [0.5, 0.6) is 5.75 Å². The van der Waals surface area contributed by atoms with Crippen LogP contribution in [0.1, 0.15) is 44.7 Å². The van der Waals surface area contributed by atoms with Crippen molar-refractivity contribution in [3.05, 3.63) is 29.3 Å². The van der Waals surface area contributed by atoms with Gasteiger partial charge in [0.2, 0.25) is 0 Å². The van der Waals surface area contributed by atoms with Crippen LogP contribution in [0.3, 0.4) is 0 Å². The first-order valence-corrected chi connectivity index (χ1v) is 7.99. The van der Waals surface area contributed by atoms with E-state index in [1.807, 2.05) is 0 Å². The molecule has 0 radical (unpaired) electrons. The molecular formula is C18H32NO2+. The second-order valence-corrected chi connectivity index (χ2v) is 6.64. The SMILES string of the molecule is COCC[NH2+]CCCCOc1ccc(C(C)(C)C)cc1C. The molecule has 0 aromatic heterocycles. The maximum atomic E-state index is 5.89. The molecule has 0 aliphatic heterocycles. The van der Waals surface area contributed by atoms with E-state index in [0.29, 0.717) is 0 Å². The van der Waals surface area contributed by atoms with Crippen LogP contribution in [0.15, 0.2) is 18.2 Å². The lowest BCUT2D eigenvalue weighted by molar-refractivity contribution is -0.656. The van der Waals surface area contributed by atoms with Gasteiger partial charge in [0.05, 0.1) is 26.3 Å². The second-order valence-electron chi connectivity index (χ2n) is 6.64. The molecule has 0 aliphatic carbocycles. The minimum absolute atomic E-state index is 0.196. The van der Waals surface area contributed by atoms with Crippen molar-refractivity contribution in [3.8, 4) is 5.75 Å². The van der Waals surface area contributed by atoms with Crippen LogP contribution in [0.4, 0.5) is 0 Å². The number of aryl methyl sites for hydroxylation is 1. The average Bonchev–Trinajstić information content (AvgIpc) is 2.42. The molecule has 1 aromatic carbocycles. The number of methoxy groups -OCH3 is 1. The third-order valence-corrected chi connectivity index (χ3v) is 3.63. The Morgan fingerprint density at radius 2 is 1.81 bits per heavy atom. The zero-order valence-electron chi connectivity index (χ0n) is 14.4. The molecule has 0 aliphatic rings. The van der Waals surface area contributed by atoms with Crippen molar-refractivity contribution >= 4 is 0 Å². The molecule has 0 spiro atoms. The van der Waals surface area contributed by atoms with Crippen molar-refractivity contribution in [3.63, 3.8) is 0 Å². The predicted molar refractivity (Wildman–Crippen MR) is 88.1 cm³/mol. The summed E-state index contributed by atoms with van der Waals surface area (Å²) in [5.74, 6) is 1.02. The van der Waals surface area contributed by atoms with Crippen molar-refractivity contribution < 1.29 is 14.8 Å². The van der Waals surface area contributed by atoms with Gasteiger partial charge in [0.15, 0.2) is 0 Å². The lowest BCUT2D eigenvalue weighted by atomic mass is 9.86. The Kier molecular flexibility index (Phi) is 7.76. The Bertz CT molecular complexity index is 410. The number of ether oxygens (including phenoxy) is 2. The summed E-state index contributed by atoms with van der Waals surface area (Å²) in [4.78, 5) is 0. The molecule has 3 nitrogen and oxygen atoms in total. The monoisotopic (exact) mass is 294 g/mol. The van der Waals surface area contributed by atoms with Crippen LogP contribution in [0.25, 0.3) is 0 Å². The normalized spacial score (nSPS) is 11.7. The van der Waals surface area contributed by atoms with Crippen LogP contribution >= 0.6 is 0 Å². The summed E-state index contributed by atoms with van der Waals surface area (Å²) in [6, 6.07) is 6.54. The van der Waals surface area contributed by atoms with Gasteiger partial charge in [0, 0.05) is 7.11 Å². The van der Waals surface area contributed by atoms with E-state index >= 15 is 0 Å². The zero-order chi connectivity index (χ0) is 15.7. The topological polar surface area (TPSA) is 35.1 Å². The summed E-state index contributed by atoms with van der Waals surface area (Å²) in [5, 5.41) is 2.30. The van der Waals surface area contributed by atoms with Crippen LogP contribution < -0.4 is 10.1 Å². The van der Waals surface area contributed by atoms with Crippen molar-refractivity contribution in [1.82, 2.24) is 0 Å². The molecule has 2 N–H and O–H groups in total. The van der Waals surface area contributed by atoms with Gasteiger partial charge in [0.25, 0.3) is 0 Å². The van der Waals surface area contributed by atoms with Crippen molar-refractivity contribution in [2.75, 3.05) is 33.4 Å². The number of benzene rings is 1. The summed E-state index contributed by atoms with van der Waals surface area (Å²) >= 11 is 0. The van der Waals surface area contributed by atoms with E-state index in [9.17, 15) is 0 Å². The van der Waals surface area contributed by atoms with E-state index in [2.05, 4.69) is 51.2 Å². The Labute approximate surface area is 130 Å². The van der Waals surface area contributed by atoms with Crippen LogP contribution in [-0.2, 0) is 10.2 Å². The minimum Gasteiger partial charge on any atom is -0.493 e. The van der Waals surface area contributed by atoms with Crippen LogP contribution in [0, 0.1) is 6.92 Å². The molecule has 0 heterocycles. The molecule has 0 fully saturated rings. The number of nitrogens with two attached hydrogens (primary N) is 1. The molecule has 0 unspecified atom stereocenters. The quantitative estimate of drug-likeness (QED) is 0.711. The Balaban J connectivity index is 2.27. The first kappa shape index (κ1) is 18.0. The highest BCUT2D eigenvalue weighted by Crippen LogP contribution is 2.27. The fourth-order valence-electron chi connectivity index (χ4n) is 2.20. The number of quaternary nitrogens is 1. The van der Waals surface area contributed by atoms with E-state index < -0.39 is 0 Å². The molecular weight excluding hydrogens is 262 g/mol.